The lowest BCUT2D eigenvalue weighted by Gasteiger charge is -2.20. The molecule has 0 bridgehead atoms. The molecule has 3 nitrogen and oxygen atoms in total. The zero-order valence-corrected chi connectivity index (χ0v) is 18.1. The number of anilines is 1. The van der Waals surface area contributed by atoms with Crippen molar-refractivity contribution in [3.8, 4) is 5.75 Å². The van der Waals surface area contributed by atoms with Crippen molar-refractivity contribution in [3.05, 3.63) is 83.9 Å². The van der Waals surface area contributed by atoms with E-state index in [4.69, 9.17) is 4.74 Å². The summed E-state index contributed by atoms with van der Waals surface area (Å²) in [4.78, 5) is 15.0. The van der Waals surface area contributed by atoms with Crippen molar-refractivity contribution in [1.29, 1.82) is 0 Å². The van der Waals surface area contributed by atoms with Crippen LogP contribution in [0.3, 0.4) is 0 Å². The van der Waals surface area contributed by atoms with E-state index in [2.05, 4.69) is 43.4 Å². The molecule has 0 aromatic heterocycles. The monoisotopic (exact) mass is 405 g/mol. The van der Waals surface area contributed by atoms with Crippen molar-refractivity contribution in [2.24, 2.45) is 0 Å². The predicted molar refractivity (Wildman–Crippen MR) is 121 cm³/mol. The van der Waals surface area contributed by atoms with E-state index in [9.17, 15) is 4.79 Å². The van der Waals surface area contributed by atoms with Gasteiger partial charge in [0.05, 0.1) is 5.69 Å². The van der Waals surface area contributed by atoms with Gasteiger partial charge in [-0.25, -0.2) is 0 Å². The van der Waals surface area contributed by atoms with Crippen LogP contribution in [-0.4, -0.2) is 12.0 Å². The second kappa shape index (κ2) is 9.66. The van der Waals surface area contributed by atoms with Gasteiger partial charge in [0.15, 0.2) is 6.10 Å². The molecule has 3 rings (SSSR count). The smallest absolute Gasteiger partial charge is 0.265 e. The summed E-state index contributed by atoms with van der Waals surface area (Å²) >= 11 is 1.62. The predicted octanol–water partition coefficient (Wildman–Crippen LogP) is 6.68. The van der Waals surface area contributed by atoms with E-state index in [1.54, 1.807) is 18.7 Å². The summed E-state index contributed by atoms with van der Waals surface area (Å²) in [6.45, 7) is 8.06. The zero-order valence-electron chi connectivity index (χ0n) is 17.3. The van der Waals surface area contributed by atoms with Crippen LogP contribution in [0.1, 0.15) is 37.8 Å². The van der Waals surface area contributed by atoms with Crippen LogP contribution in [0.25, 0.3) is 0 Å². The highest BCUT2D eigenvalue weighted by Gasteiger charge is 2.19. The molecular weight excluding hydrogens is 378 g/mol. The Kier molecular flexibility index (Phi) is 6.99. The van der Waals surface area contributed by atoms with E-state index in [1.807, 2.05) is 55.5 Å². The number of carbonyl (C=O) groups is 1. The van der Waals surface area contributed by atoms with Gasteiger partial charge >= 0.3 is 0 Å². The van der Waals surface area contributed by atoms with Crippen LogP contribution < -0.4 is 10.1 Å². The summed E-state index contributed by atoms with van der Waals surface area (Å²) in [6.07, 6.45) is -0.607. The van der Waals surface area contributed by atoms with Crippen LogP contribution in [0.5, 0.6) is 5.75 Å². The number of ether oxygens (including phenoxy) is 1. The molecule has 4 heteroatoms. The van der Waals surface area contributed by atoms with Gasteiger partial charge in [0.2, 0.25) is 0 Å². The van der Waals surface area contributed by atoms with Gasteiger partial charge in [-0.2, -0.15) is 0 Å². The standard InChI is InChI=1S/C25H27NO2S/c1-17(2)21-15-14-18(3)16-23(21)28-19(4)25(27)26-22-12-8-9-13-24(22)29-20-10-6-5-7-11-20/h5-17,19H,1-4H3,(H,26,27)/t19-/m0/s1. The summed E-state index contributed by atoms with van der Waals surface area (Å²) in [5.41, 5.74) is 3.01. The lowest BCUT2D eigenvalue weighted by Crippen LogP contribution is -2.30. The first kappa shape index (κ1) is 21.0. The van der Waals surface area contributed by atoms with E-state index in [1.165, 1.54) is 0 Å². The Morgan fingerprint density at radius 1 is 0.931 bits per heavy atom. The molecule has 29 heavy (non-hydrogen) atoms. The first-order valence-corrected chi connectivity index (χ1v) is 10.7. The molecule has 3 aromatic carbocycles. The van der Waals surface area contributed by atoms with Crippen molar-refractivity contribution in [2.75, 3.05) is 5.32 Å². The SMILES string of the molecule is Cc1ccc(C(C)C)c(O[C@@H](C)C(=O)Nc2ccccc2Sc2ccccc2)c1. The molecule has 0 spiro atoms. The van der Waals surface area contributed by atoms with Crippen LogP contribution in [0.4, 0.5) is 5.69 Å². The lowest BCUT2D eigenvalue weighted by molar-refractivity contribution is -0.122. The number of nitrogens with one attached hydrogen (secondary N) is 1. The average Bonchev–Trinajstić information content (AvgIpc) is 2.70. The van der Waals surface area contributed by atoms with E-state index < -0.39 is 6.10 Å². The topological polar surface area (TPSA) is 38.3 Å². The Morgan fingerprint density at radius 2 is 1.62 bits per heavy atom. The fraction of sp³-hybridized carbons (Fsp3) is 0.240. The normalized spacial score (nSPS) is 11.9. The third-order valence-electron chi connectivity index (χ3n) is 4.58. The van der Waals surface area contributed by atoms with Crippen molar-refractivity contribution in [2.45, 2.75) is 49.5 Å². The maximum atomic E-state index is 12.8. The van der Waals surface area contributed by atoms with E-state index in [0.717, 1.165) is 32.4 Å². The van der Waals surface area contributed by atoms with Crippen LogP contribution in [0.2, 0.25) is 0 Å². The highest BCUT2D eigenvalue weighted by Crippen LogP contribution is 2.33. The second-order valence-corrected chi connectivity index (χ2v) is 8.47. The molecule has 3 aromatic rings. The maximum Gasteiger partial charge on any atom is 0.265 e. The minimum absolute atomic E-state index is 0.165. The highest BCUT2D eigenvalue weighted by atomic mass is 32.2. The summed E-state index contributed by atoms with van der Waals surface area (Å²) in [5, 5.41) is 3.03. The van der Waals surface area contributed by atoms with Gasteiger partial charge in [-0.3, -0.25) is 4.79 Å². The van der Waals surface area contributed by atoms with Gasteiger partial charge in [0, 0.05) is 9.79 Å². The third-order valence-corrected chi connectivity index (χ3v) is 5.66. The molecule has 0 fully saturated rings. The molecule has 0 aliphatic rings. The summed E-state index contributed by atoms with van der Waals surface area (Å²) in [7, 11) is 0. The third kappa shape index (κ3) is 5.64. The summed E-state index contributed by atoms with van der Waals surface area (Å²) in [5.74, 6) is 0.931. The second-order valence-electron chi connectivity index (χ2n) is 7.36. The minimum Gasteiger partial charge on any atom is -0.481 e. The summed E-state index contributed by atoms with van der Waals surface area (Å²) in [6, 6.07) is 24.1. The highest BCUT2D eigenvalue weighted by molar-refractivity contribution is 7.99. The molecule has 0 saturated carbocycles. The average molecular weight is 406 g/mol. The Labute approximate surface area is 177 Å². The number of hydrogen-bond donors (Lipinski definition) is 1. The number of carbonyl (C=O) groups excluding carboxylic acids is 1. The molecule has 0 saturated heterocycles. The molecule has 0 aliphatic heterocycles. The zero-order chi connectivity index (χ0) is 20.8. The van der Waals surface area contributed by atoms with Crippen molar-refractivity contribution in [1.82, 2.24) is 0 Å². The number of amides is 1. The number of hydrogen-bond acceptors (Lipinski definition) is 3. The lowest BCUT2D eigenvalue weighted by atomic mass is 10.0. The molecule has 0 aliphatic carbocycles. The van der Waals surface area contributed by atoms with Gasteiger partial charge in [0.25, 0.3) is 5.91 Å². The molecule has 1 atom stereocenters. The molecule has 1 amide bonds. The minimum atomic E-state index is -0.607. The molecule has 0 radical (unpaired) electrons. The van der Waals surface area contributed by atoms with Gasteiger partial charge in [-0.1, -0.05) is 68.1 Å². The van der Waals surface area contributed by atoms with Gasteiger partial charge in [-0.15, -0.1) is 0 Å². The fourth-order valence-corrected chi connectivity index (χ4v) is 3.90. The van der Waals surface area contributed by atoms with Gasteiger partial charge in [-0.05, 0) is 61.2 Å². The molecule has 0 unspecified atom stereocenters. The molecule has 0 heterocycles. The van der Waals surface area contributed by atoms with Crippen molar-refractivity contribution < 1.29 is 9.53 Å². The van der Waals surface area contributed by atoms with E-state index in [-0.39, 0.29) is 5.91 Å². The van der Waals surface area contributed by atoms with Crippen molar-refractivity contribution >= 4 is 23.4 Å². The van der Waals surface area contributed by atoms with E-state index in [0.29, 0.717) is 5.92 Å². The number of para-hydroxylation sites is 1. The first-order chi connectivity index (χ1) is 13.9. The molecule has 150 valence electrons. The Balaban J connectivity index is 1.73. The Bertz CT molecular complexity index is 970. The number of rotatable bonds is 7. The fourth-order valence-electron chi connectivity index (χ4n) is 2.97. The quantitative estimate of drug-likeness (QED) is 0.477. The maximum absolute atomic E-state index is 12.8. The number of aryl methyl sites for hydroxylation is 1. The van der Waals surface area contributed by atoms with Crippen LogP contribution in [0.15, 0.2) is 82.6 Å². The van der Waals surface area contributed by atoms with E-state index >= 15 is 0 Å². The van der Waals surface area contributed by atoms with Crippen LogP contribution in [-0.2, 0) is 4.79 Å². The van der Waals surface area contributed by atoms with Gasteiger partial charge < -0.3 is 10.1 Å². The Hall–Kier alpha value is -2.72. The van der Waals surface area contributed by atoms with Gasteiger partial charge in [0.1, 0.15) is 5.75 Å². The molecular formula is C25H27NO2S. The molecule has 1 N–H and O–H groups in total. The Morgan fingerprint density at radius 3 is 2.34 bits per heavy atom. The first-order valence-electron chi connectivity index (χ1n) is 9.84. The van der Waals surface area contributed by atoms with Crippen LogP contribution >= 0.6 is 11.8 Å². The van der Waals surface area contributed by atoms with Crippen LogP contribution in [0, 0.1) is 6.92 Å². The largest absolute Gasteiger partial charge is 0.481 e. The number of benzene rings is 3. The summed E-state index contributed by atoms with van der Waals surface area (Å²) < 4.78 is 6.06. The van der Waals surface area contributed by atoms with Crippen molar-refractivity contribution in [3.63, 3.8) is 0 Å².